The fourth-order valence-electron chi connectivity index (χ4n) is 2.38. The number of benzene rings is 1. The normalized spacial score (nSPS) is 11.0. The Hall–Kier alpha value is -1.65. The van der Waals surface area contributed by atoms with Crippen LogP contribution in [0, 0.1) is 0 Å². The van der Waals surface area contributed by atoms with E-state index in [1.54, 1.807) is 11.3 Å². The van der Waals surface area contributed by atoms with Gasteiger partial charge in [-0.15, -0.1) is 11.3 Å². The highest BCUT2D eigenvalue weighted by atomic mass is 35.5. The van der Waals surface area contributed by atoms with E-state index in [-0.39, 0.29) is 0 Å². The predicted molar refractivity (Wildman–Crippen MR) is 91.4 cm³/mol. The van der Waals surface area contributed by atoms with E-state index in [9.17, 15) is 0 Å². The van der Waals surface area contributed by atoms with Gasteiger partial charge >= 0.3 is 0 Å². The first-order valence-corrected chi connectivity index (χ1v) is 8.25. The first-order chi connectivity index (χ1) is 10.2. The molecule has 3 aromatic rings. The maximum atomic E-state index is 6.24. The summed E-state index contributed by atoms with van der Waals surface area (Å²) in [4.78, 5) is 12.6. The first-order valence-electron chi connectivity index (χ1n) is 6.99. The van der Waals surface area contributed by atoms with E-state index in [0.29, 0.717) is 10.8 Å². The molecule has 21 heavy (non-hydrogen) atoms. The zero-order valence-electron chi connectivity index (χ0n) is 12.0. The van der Waals surface area contributed by atoms with Crippen LogP contribution >= 0.6 is 22.9 Å². The minimum absolute atomic E-state index is 0.704. The Morgan fingerprint density at radius 2 is 1.86 bits per heavy atom. The zero-order chi connectivity index (χ0) is 14.8. The summed E-state index contributed by atoms with van der Waals surface area (Å²) in [7, 11) is 0. The number of aromatic nitrogens is 2. The van der Waals surface area contributed by atoms with Crippen LogP contribution in [0.2, 0.25) is 5.02 Å². The van der Waals surface area contributed by atoms with Crippen molar-refractivity contribution in [3.63, 3.8) is 0 Å². The Labute approximate surface area is 133 Å². The Balaban J connectivity index is 2.27. The molecule has 0 atom stereocenters. The van der Waals surface area contributed by atoms with E-state index in [2.05, 4.69) is 29.8 Å². The van der Waals surface area contributed by atoms with Crippen molar-refractivity contribution in [3.05, 3.63) is 40.7 Å². The van der Waals surface area contributed by atoms with Crippen LogP contribution in [0.3, 0.4) is 0 Å². The summed E-state index contributed by atoms with van der Waals surface area (Å²) in [5, 5.41) is 3.76. The standard InChI is InChI=1S/C16H16ClN3S/c1-3-20(4-2)16-11-7-5-6-8-13(11)18-15(19-16)14-12(17)9-10-21-14/h5-10H,3-4H2,1-2H3. The van der Waals surface area contributed by atoms with Gasteiger partial charge in [-0.05, 0) is 37.4 Å². The molecule has 0 bridgehead atoms. The highest BCUT2D eigenvalue weighted by Gasteiger charge is 2.15. The van der Waals surface area contributed by atoms with Crippen molar-refractivity contribution in [1.82, 2.24) is 9.97 Å². The minimum atomic E-state index is 0.704. The maximum absolute atomic E-state index is 6.24. The third kappa shape index (κ3) is 2.61. The van der Waals surface area contributed by atoms with Gasteiger partial charge in [-0.1, -0.05) is 23.7 Å². The number of anilines is 1. The average molecular weight is 318 g/mol. The molecule has 0 spiro atoms. The van der Waals surface area contributed by atoms with Crippen molar-refractivity contribution in [2.45, 2.75) is 13.8 Å². The highest BCUT2D eigenvalue weighted by molar-refractivity contribution is 7.14. The highest BCUT2D eigenvalue weighted by Crippen LogP contribution is 2.34. The topological polar surface area (TPSA) is 29.0 Å². The van der Waals surface area contributed by atoms with Gasteiger partial charge in [0.25, 0.3) is 0 Å². The molecule has 0 aliphatic heterocycles. The zero-order valence-corrected chi connectivity index (χ0v) is 13.6. The number of thiophene rings is 1. The summed E-state index contributed by atoms with van der Waals surface area (Å²) in [6, 6.07) is 10.0. The molecule has 3 rings (SSSR count). The molecule has 0 fully saturated rings. The minimum Gasteiger partial charge on any atom is -0.357 e. The van der Waals surface area contributed by atoms with Crippen molar-refractivity contribution in [2.24, 2.45) is 0 Å². The molecule has 0 saturated heterocycles. The predicted octanol–water partition coefficient (Wildman–Crippen LogP) is 4.86. The second kappa shape index (κ2) is 6.00. The van der Waals surface area contributed by atoms with Crippen LogP contribution in [-0.4, -0.2) is 23.1 Å². The second-order valence-corrected chi connectivity index (χ2v) is 5.98. The van der Waals surface area contributed by atoms with Gasteiger partial charge in [0.1, 0.15) is 5.82 Å². The Morgan fingerprint density at radius 1 is 1.10 bits per heavy atom. The lowest BCUT2D eigenvalue weighted by atomic mass is 10.2. The maximum Gasteiger partial charge on any atom is 0.173 e. The van der Waals surface area contributed by atoms with Crippen molar-refractivity contribution in [3.8, 4) is 10.7 Å². The van der Waals surface area contributed by atoms with Crippen LogP contribution in [0.15, 0.2) is 35.7 Å². The molecule has 0 saturated carbocycles. The molecule has 2 aromatic heterocycles. The number of nitrogens with zero attached hydrogens (tertiary/aromatic N) is 3. The van der Waals surface area contributed by atoms with E-state index in [4.69, 9.17) is 16.6 Å². The van der Waals surface area contributed by atoms with Crippen LogP contribution in [0.4, 0.5) is 5.82 Å². The SMILES string of the molecule is CCN(CC)c1nc(-c2sccc2Cl)nc2ccccc12. The number of fused-ring (bicyclic) bond motifs is 1. The van der Waals surface area contributed by atoms with Gasteiger partial charge in [0.05, 0.1) is 15.4 Å². The Bertz CT molecular complexity index is 765. The molecule has 108 valence electrons. The van der Waals surface area contributed by atoms with Gasteiger partial charge in [0.15, 0.2) is 5.82 Å². The van der Waals surface area contributed by atoms with E-state index in [0.717, 1.165) is 34.7 Å². The summed E-state index contributed by atoms with van der Waals surface area (Å²) in [6.45, 7) is 6.10. The van der Waals surface area contributed by atoms with Crippen LogP contribution in [0.5, 0.6) is 0 Å². The number of halogens is 1. The molecule has 0 amide bonds. The van der Waals surface area contributed by atoms with Gasteiger partial charge in [-0.3, -0.25) is 0 Å². The number of para-hydroxylation sites is 1. The molecule has 5 heteroatoms. The smallest absolute Gasteiger partial charge is 0.173 e. The van der Waals surface area contributed by atoms with Crippen molar-refractivity contribution >= 4 is 39.7 Å². The van der Waals surface area contributed by atoms with Crippen LogP contribution in [0.1, 0.15) is 13.8 Å². The lowest BCUT2D eigenvalue weighted by Crippen LogP contribution is -2.23. The quantitative estimate of drug-likeness (QED) is 0.688. The molecule has 0 radical (unpaired) electrons. The summed E-state index contributed by atoms with van der Waals surface area (Å²) in [5.41, 5.74) is 0.953. The van der Waals surface area contributed by atoms with E-state index in [1.807, 2.05) is 29.6 Å². The fraction of sp³-hybridized carbons (Fsp3) is 0.250. The van der Waals surface area contributed by atoms with Gasteiger partial charge in [-0.2, -0.15) is 0 Å². The number of hydrogen-bond donors (Lipinski definition) is 0. The second-order valence-electron chi connectivity index (χ2n) is 4.66. The molecule has 0 unspecified atom stereocenters. The van der Waals surface area contributed by atoms with Crippen molar-refractivity contribution in [2.75, 3.05) is 18.0 Å². The molecule has 3 nitrogen and oxygen atoms in total. The third-order valence-electron chi connectivity index (χ3n) is 3.47. The molecule has 0 aliphatic rings. The van der Waals surface area contributed by atoms with Gasteiger partial charge < -0.3 is 4.90 Å². The molecule has 2 heterocycles. The van der Waals surface area contributed by atoms with Gasteiger partial charge in [0.2, 0.25) is 0 Å². The molecule has 0 N–H and O–H groups in total. The van der Waals surface area contributed by atoms with Crippen LogP contribution in [-0.2, 0) is 0 Å². The van der Waals surface area contributed by atoms with Crippen LogP contribution < -0.4 is 4.90 Å². The summed E-state index contributed by atoms with van der Waals surface area (Å²) in [5.74, 6) is 1.68. The summed E-state index contributed by atoms with van der Waals surface area (Å²) >= 11 is 7.81. The van der Waals surface area contributed by atoms with Gasteiger partial charge in [-0.25, -0.2) is 9.97 Å². The molecular formula is C16H16ClN3S. The lowest BCUT2D eigenvalue weighted by Gasteiger charge is -2.21. The fourth-order valence-corrected chi connectivity index (χ4v) is 3.45. The van der Waals surface area contributed by atoms with Crippen molar-refractivity contribution in [1.29, 1.82) is 0 Å². The van der Waals surface area contributed by atoms with Crippen molar-refractivity contribution < 1.29 is 0 Å². The van der Waals surface area contributed by atoms with Gasteiger partial charge in [0, 0.05) is 18.5 Å². The number of hydrogen-bond acceptors (Lipinski definition) is 4. The monoisotopic (exact) mass is 317 g/mol. The lowest BCUT2D eigenvalue weighted by molar-refractivity contribution is 0.850. The number of rotatable bonds is 4. The molecule has 0 aliphatic carbocycles. The largest absolute Gasteiger partial charge is 0.357 e. The summed E-state index contributed by atoms with van der Waals surface area (Å²) < 4.78 is 0. The Kier molecular flexibility index (Phi) is 4.08. The first kappa shape index (κ1) is 14.3. The molecular weight excluding hydrogens is 302 g/mol. The van der Waals surface area contributed by atoms with E-state index >= 15 is 0 Å². The Morgan fingerprint density at radius 3 is 2.52 bits per heavy atom. The van der Waals surface area contributed by atoms with Crippen LogP contribution in [0.25, 0.3) is 21.6 Å². The van der Waals surface area contributed by atoms with E-state index < -0.39 is 0 Å². The average Bonchev–Trinajstić information content (AvgIpc) is 2.94. The molecule has 1 aromatic carbocycles. The third-order valence-corrected chi connectivity index (χ3v) is 4.80. The van der Waals surface area contributed by atoms with E-state index in [1.165, 1.54) is 0 Å². The summed E-state index contributed by atoms with van der Waals surface area (Å²) in [6.07, 6.45) is 0.